The summed E-state index contributed by atoms with van der Waals surface area (Å²) in [4.78, 5) is 12.4. The molecule has 2 rings (SSSR count). The maximum atomic E-state index is 12.4. The molecule has 0 heterocycles. The lowest BCUT2D eigenvalue weighted by atomic mass is 10.1. The van der Waals surface area contributed by atoms with Crippen molar-refractivity contribution in [2.24, 2.45) is 0 Å². The number of hydrogen-bond acceptors (Lipinski definition) is 3. The number of halogens is 3. The number of nitrogens with zero attached hydrogens (tertiary/aromatic N) is 1. The van der Waals surface area contributed by atoms with Gasteiger partial charge >= 0.3 is 0 Å². The molecule has 0 fully saturated rings. The topological polar surface area (TPSA) is 62.1 Å². The van der Waals surface area contributed by atoms with Gasteiger partial charge in [-0.15, -0.1) is 0 Å². The molecule has 2 aromatic carbocycles. The Balaban J connectivity index is 2.26. The van der Waals surface area contributed by atoms with Crippen LogP contribution in [0.5, 0.6) is 5.75 Å². The minimum absolute atomic E-state index is 0.00688. The summed E-state index contributed by atoms with van der Waals surface area (Å²) < 4.78 is 8.03. The fourth-order valence-corrected chi connectivity index (χ4v) is 4.19. The highest BCUT2D eigenvalue weighted by molar-refractivity contribution is 14.1. The van der Waals surface area contributed by atoms with E-state index in [2.05, 4.69) is 66.3 Å². The lowest BCUT2D eigenvalue weighted by Crippen LogP contribution is -2.13. The van der Waals surface area contributed by atoms with E-state index in [0.29, 0.717) is 23.6 Å². The SMILES string of the molecule is C=CCOc1c(Br)cc(/C=C(/C#N)C(=O)Nc2cccc(Br)c2)cc1I. The minimum Gasteiger partial charge on any atom is -0.487 e. The number of rotatable bonds is 6. The van der Waals surface area contributed by atoms with Gasteiger partial charge in [0.25, 0.3) is 5.91 Å². The zero-order chi connectivity index (χ0) is 19.1. The van der Waals surface area contributed by atoms with Crippen LogP contribution in [0.3, 0.4) is 0 Å². The van der Waals surface area contributed by atoms with Crippen LogP contribution in [0.25, 0.3) is 6.08 Å². The third-order valence-electron chi connectivity index (χ3n) is 3.12. The lowest BCUT2D eigenvalue weighted by molar-refractivity contribution is -0.112. The van der Waals surface area contributed by atoms with Gasteiger partial charge in [0, 0.05) is 10.2 Å². The lowest BCUT2D eigenvalue weighted by Gasteiger charge is -2.10. The molecule has 0 atom stereocenters. The van der Waals surface area contributed by atoms with Crippen molar-refractivity contribution in [3.63, 3.8) is 0 Å². The Morgan fingerprint density at radius 3 is 2.73 bits per heavy atom. The van der Waals surface area contributed by atoms with Crippen LogP contribution in [-0.4, -0.2) is 12.5 Å². The summed E-state index contributed by atoms with van der Waals surface area (Å²) in [5.74, 6) is 0.225. The normalized spacial score (nSPS) is 10.8. The molecule has 0 radical (unpaired) electrons. The van der Waals surface area contributed by atoms with E-state index in [9.17, 15) is 10.1 Å². The first-order chi connectivity index (χ1) is 12.4. The summed E-state index contributed by atoms with van der Waals surface area (Å²) >= 11 is 8.94. The molecule has 1 amide bonds. The minimum atomic E-state index is -0.469. The number of anilines is 1. The Labute approximate surface area is 182 Å². The number of nitriles is 1. The van der Waals surface area contributed by atoms with Gasteiger partial charge in [0.1, 0.15) is 24.0 Å². The van der Waals surface area contributed by atoms with E-state index in [4.69, 9.17) is 4.74 Å². The van der Waals surface area contributed by atoms with Crippen molar-refractivity contribution in [2.45, 2.75) is 0 Å². The largest absolute Gasteiger partial charge is 0.487 e. The van der Waals surface area contributed by atoms with Gasteiger partial charge in [-0.25, -0.2) is 0 Å². The first kappa shape index (κ1) is 20.7. The van der Waals surface area contributed by atoms with Crippen molar-refractivity contribution in [2.75, 3.05) is 11.9 Å². The predicted octanol–water partition coefficient (Wildman–Crippen LogP) is 5.93. The predicted molar refractivity (Wildman–Crippen MR) is 119 cm³/mol. The Kier molecular flexibility index (Phi) is 7.87. The number of benzene rings is 2. The maximum absolute atomic E-state index is 12.4. The van der Waals surface area contributed by atoms with Crippen LogP contribution in [0.15, 0.2) is 63.6 Å². The van der Waals surface area contributed by atoms with E-state index >= 15 is 0 Å². The molecule has 0 aliphatic carbocycles. The standard InChI is InChI=1S/C19H13Br2IN2O2/c1-2-6-26-18-16(21)8-12(9-17(18)22)7-13(11-23)19(25)24-15-5-3-4-14(20)10-15/h2-5,7-10H,1,6H2,(H,24,25)/b13-7-. The van der Waals surface area contributed by atoms with Crippen molar-refractivity contribution < 1.29 is 9.53 Å². The molecule has 2 aromatic rings. The van der Waals surface area contributed by atoms with Crippen LogP contribution in [0, 0.1) is 14.9 Å². The molecule has 0 aliphatic heterocycles. The zero-order valence-corrected chi connectivity index (χ0v) is 18.8. The van der Waals surface area contributed by atoms with Crippen molar-refractivity contribution in [3.05, 3.63) is 72.7 Å². The molecule has 0 aromatic heterocycles. The molecule has 0 saturated carbocycles. The van der Waals surface area contributed by atoms with Crippen LogP contribution in [-0.2, 0) is 4.79 Å². The monoisotopic (exact) mass is 586 g/mol. The number of carbonyl (C=O) groups is 1. The average Bonchev–Trinajstić information content (AvgIpc) is 2.59. The summed E-state index contributed by atoms with van der Waals surface area (Å²) in [6.45, 7) is 4.02. The number of ether oxygens (including phenoxy) is 1. The Morgan fingerprint density at radius 1 is 1.35 bits per heavy atom. The summed E-state index contributed by atoms with van der Waals surface area (Å²) in [6, 6.07) is 12.8. The van der Waals surface area contributed by atoms with Gasteiger partial charge < -0.3 is 10.1 Å². The molecule has 132 valence electrons. The molecule has 7 heteroatoms. The second kappa shape index (κ2) is 9.90. The summed E-state index contributed by atoms with van der Waals surface area (Å²) in [6.07, 6.45) is 3.20. The number of amides is 1. The van der Waals surface area contributed by atoms with Crippen molar-refractivity contribution >= 4 is 72.1 Å². The van der Waals surface area contributed by atoms with Gasteiger partial charge in [-0.2, -0.15) is 5.26 Å². The Bertz CT molecular complexity index is 897. The molecule has 26 heavy (non-hydrogen) atoms. The quantitative estimate of drug-likeness (QED) is 0.197. The van der Waals surface area contributed by atoms with Crippen LogP contribution in [0.4, 0.5) is 5.69 Å². The Hall–Kier alpha value is -1.63. The molecular formula is C19H13Br2IN2O2. The van der Waals surface area contributed by atoms with Gasteiger partial charge in [-0.1, -0.05) is 34.7 Å². The zero-order valence-electron chi connectivity index (χ0n) is 13.4. The van der Waals surface area contributed by atoms with Crippen molar-refractivity contribution in [1.82, 2.24) is 0 Å². The first-order valence-electron chi connectivity index (χ1n) is 7.36. The van der Waals surface area contributed by atoms with Crippen LogP contribution < -0.4 is 10.1 Å². The molecule has 4 nitrogen and oxygen atoms in total. The fourth-order valence-electron chi connectivity index (χ4n) is 2.02. The van der Waals surface area contributed by atoms with E-state index < -0.39 is 5.91 Å². The van der Waals surface area contributed by atoms with E-state index in [1.54, 1.807) is 30.3 Å². The highest BCUT2D eigenvalue weighted by atomic mass is 127. The maximum Gasteiger partial charge on any atom is 0.266 e. The molecule has 1 N–H and O–H groups in total. The van der Waals surface area contributed by atoms with Crippen LogP contribution in [0.2, 0.25) is 0 Å². The van der Waals surface area contributed by atoms with Crippen molar-refractivity contribution in [3.8, 4) is 11.8 Å². The smallest absolute Gasteiger partial charge is 0.266 e. The van der Waals surface area contributed by atoms with Crippen LogP contribution in [0.1, 0.15) is 5.56 Å². The van der Waals surface area contributed by atoms with Crippen molar-refractivity contribution in [1.29, 1.82) is 5.26 Å². The molecule has 0 saturated heterocycles. The fraction of sp³-hybridized carbons (Fsp3) is 0.0526. The van der Waals surface area contributed by atoms with E-state index in [-0.39, 0.29) is 5.57 Å². The van der Waals surface area contributed by atoms with E-state index in [1.165, 1.54) is 6.08 Å². The molecule has 0 aliphatic rings. The average molecular weight is 588 g/mol. The summed E-state index contributed by atoms with van der Waals surface area (Å²) in [5.41, 5.74) is 1.33. The van der Waals surface area contributed by atoms with Gasteiger partial charge in [-0.3, -0.25) is 4.79 Å². The highest BCUT2D eigenvalue weighted by Crippen LogP contribution is 2.32. The third-order valence-corrected chi connectivity index (χ3v) is 5.01. The molecule has 0 bridgehead atoms. The van der Waals surface area contributed by atoms with Gasteiger partial charge in [0.15, 0.2) is 0 Å². The third kappa shape index (κ3) is 5.69. The number of hydrogen-bond donors (Lipinski definition) is 1. The summed E-state index contributed by atoms with van der Waals surface area (Å²) in [5, 5.41) is 12.1. The second-order valence-electron chi connectivity index (χ2n) is 5.05. The van der Waals surface area contributed by atoms with E-state index in [1.807, 2.05) is 18.2 Å². The van der Waals surface area contributed by atoms with Gasteiger partial charge in [-0.05, 0) is 80.5 Å². The number of carbonyl (C=O) groups excluding carboxylic acids is 1. The Morgan fingerprint density at radius 2 is 2.12 bits per heavy atom. The molecular weight excluding hydrogens is 575 g/mol. The summed E-state index contributed by atoms with van der Waals surface area (Å²) in [7, 11) is 0. The number of nitrogens with one attached hydrogen (secondary N) is 1. The van der Waals surface area contributed by atoms with Gasteiger partial charge in [0.05, 0.1) is 8.04 Å². The second-order valence-corrected chi connectivity index (χ2v) is 7.98. The highest BCUT2D eigenvalue weighted by Gasteiger charge is 2.12. The van der Waals surface area contributed by atoms with Crippen LogP contribution >= 0.6 is 54.5 Å². The van der Waals surface area contributed by atoms with Gasteiger partial charge in [0.2, 0.25) is 0 Å². The first-order valence-corrected chi connectivity index (χ1v) is 10.0. The molecule has 0 spiro atoms. The molecule has 0 unspecified atom stereocenters. The van der Waals surface area contributed by atoms with E-state index in [0.717, 1.165) is 12.5 Å².